The molecule has 1 amide bonds. The molecule has 0 aromatic heterocycles. The minimum absolute atomic E-state index is 0.0624. The standard InChI is InChI=1S/C20H19NO2S2/c1-4-14-5-9-16(10-6-14)21-19(22)18(25-20(21)24)13(2)15-7-11-17(23-3)12-8-15/h5-12H,4H2,1-3H3/b18-13-. The minimum Gasteiger partial charge on any atom is -0.497 e. The SMILES string of the molecule is CCc1ccc(N2C(=O)/C(=C(\C)c3ccc(OC)cc3)SC2=S)cc1. The number of amides is 1. The lowest BCUT2D eigenvalue weighted by molar-refractivity contribution is -0.113. The molecule has 25 heavy (non-hydrogen) atoms. The van der Waals surface area contributed by atoms with Gasteiger partial charge in [-0.3, -0.25) is 9.69 Å². The van der Waals surface area contributed by atoms with E-state index in [-0.39, 0.29) is 5.91 Å². The largest absolute Gasteiger partial charge is 0.497 e. The lowest BCUT2D eigenvalue weighted by Crippen LogP contribution is -2.27. The van der Waals surface area contributed by atoms with Crippen LogP contribution in [0.2, 0.25) is 0 Å². The molecule has 5 heteroatoms. The average molecular weight is 370 g/mol. The number of ether oxygens (including phenoxy) is 1. The second kappa shape index (κ2) is 7.42. The normalized spacial score (nSPS) is 16.4. The zero-order chi connectivity index (χ0) is 18.0. The maximum absolute atomic E-state index is 12.9. The van der Waals surface area contributed by atoms with Crippen molar-refractivity contribution in [3.8, 4) is 5.75 Å². The van der Waals surface area contributed by atoms with Gasteiger partial charge in [-0.15, -0.1) is 0 Å². The first kappa shape index (κ1) is 17.7. The third-order valence-corrected chi connectivity index (χ3v) is 5.71. The molecule has 0 bridgehead atoms. The maximum Gasteiger partial charge on any atom is 0.271 e. The Labute approximate surface area is 157 Å². The molecule has 0 N–H and O–H groups in total. The third kappa shape index (κ3) is 3.48. The van der Waals surface area contributed by atoms with E-state index in [0.717, 1.165) is 29.0 Å². The summed E-state index contributed by atoms with van der Waals surface area (Å²) in [4.78, 5) is 15.2. The molecule has 1 heterocycles. The van der Waals surface area contributed by atoms with Crippen molar-refractivity contribution in [3.63, 3.8) is 0 Å². The van der Waals surface area contributed by atoms with Gasteiger partial charge in [-0.05, 0) is 54.3 Å². The molecular formula is C20H19NO2S2. The highest BCUT2D eigenvalue weighted by Crippen LogP contribution is 2.39. The first-order valence-electron chi connectivity index (χ1n) is 8.05. The van der Waals surface area contributed by atoms with E-state index in [2.05, 4.69) is 6.92 Å². The number of benzene rings is 2. The van der Waals surface area contributed by atoms with Gasteiger partial charge < -0.3 is 4.74 Å². The van der Waals surface area contributed by atoms with Crippen molar-refractivity contribution in [1.29, 1.82) is 0 Å². The molecule has 3 nitrogen and oxygen atoms in total. The summed E-state index contributed by atoms with van der Waals surface area (Å²) in [6.07, 6.45) is 0.967. The van der Waals surface area contributed by atoms with Crippen LogP contribution in [-0.4, -0.2) is 17.3 Å². The quantitative estimate of drug-likeness (QED) is 0.557. The summed E-state index contributed by atoms with van der Waals surface area (Å²) in [5.74, 6) is 0.729. The van der Waals surface area contributed by atoms with E-state index < -0.39 is 0 Å². The minimum atomic E-state index is -0.0624. The van der Waals surface area contributed by atoms with E-state index in [1.165, 1.54) is 17.3 Å². The van der Waals surface area contributed by atoms with Gasteiger partial charge in [0.1, 0.15) is 5.75 Å². The van der Waals surface area contributed by atoms with Crippen LogP contribution in [0.15, 0.2) is 53.4 Å². The molecule has 0 atom stereocenters. The number of carbonyl (C=O) groups is 1. The fraction of sp³-hybridized carbons (Fsp3) is 0.200. The summed E-state index contributed by atoms with van der Waals surface area (Å²) in [7, 11) is 1.64. The number of hydrogen-bond donors (Lipinski definition) is 0. The lowest BCUT2D eigenvalue weighted by atomic mass is 10.1. The highest BCUT2D eigenvalue weighted by Gasteiger charge is 2.34. The molecule has 0 saturated carbocycles. The highest BCUT2D eigenvalue weighted by atomic mass is 32.2. The van der Waals surface area contributed by atoms with Gasteiger partial charge in [0, 0.05) is 0 Å². The van der Waals surface area contributed by atoms with Crippen molar-refractivity contribution in [3.05, 3.63) is 64.6 Å². The number of nitrogens with zero attached hydrogens (tertiary/aromatic N) is 1. The van der Waals surface area contributed by atoms with Crippen LogP contribution in [0.5, 0.6) is 5.75 Å². The summed E-state index contributed by atoms with van der Waals surface area (Å²) in [6, 6.07) is 15.7. The number of aryl methyl sites for hydroxylation is 1. The number of thiocarbonyl (C=S) groups is 1. The summed E-state index contributed by atoms with van der Waals surface area (Å²) in [6.45, 7) is 4.06. The van der Waals surface area contributed by atoms with Crippen molar-refractivity contribution in [2.24, 2.45) is 0 Å². The smallest absolute Gasteiger partial charge is 0.271 e. The van der Waals surface area contributed by atoms with E-state index in [1.807, 2.05) is 55.5 Å². The Hall–Kier alpha value is -2.11. The molecule has 1 aliphatic heterocycles. The first-order chi connectivity index (χ1) is 12.0. The zero-order valence-electron chi connectivity index (χ0n) is 14.4. The van der Waals surface area contributed by atoms with E-state index in [1.54, 1.807) is 12.0 Å². The molecular weight excluding hydrogens is 350 g/mol. The number of allylic oxidation sites excluding steroid dienone is 1. The van der Waals surface area contributed by atoms with Crippen LogP contribution in [0.3, 0.4) is 0 Å². The molecule has 1 aliphatic rings. The molecule has 3 rings (SSSR count). The fourth-order valence-corrected chi connectivity index (χ4v) is 4.02. The van der Waals surface area contributed by atoms with Crippen LogP contribution < -0.4 is 9.64 Å². The maximum atomic E-state index is 12.9. The van der Waals surface area contributed by atoms with Gasteiger partial charge in [0.2, 0.25) is 0 Å². The summed E-state index contributed by atoms with van der Waals surface area (Å²) < 4.78 is 5.76. The van der Waals surface area contributed by atoms with Crippen LogP contribution in [0.1, 0.15) is 25.0 Å². The molecule has 1 fully saturated rings. The van der Waals surface area contributed by atoms with Gasteiger partial charge in [0.25, 0.3) is 5.91 Å². The Kier molecular flexibility index (Phi) is 5.25. The van der Waals surface area contributed by atoms with Crippen molar-refractivity contribution >= 4 is 45.5 Å². The molecule has 2 aromatic carbocycles. The number of rotatable bonds is 4. The molecule has 0 radical (unpaired) electrons. The third-order valence-electron chi connectivity index (χ3n) is 4.24. The van der Waals surface area contributed by atoms with Crippen LogP contribution in [0, 0.1) is 0 Å². The first-order valence-corrected chi connectivity index (χ1v) is 9.28. The second-order valence-electron chi connectivity index (χ2n) is 5.71. The van der Waals surface area contributed by atoms with Crippen LogP contribution in [-0.2, 0) is 11.2 Å². The number of hydrogen-bond acceptors (Lipinski definition) is 4. The Balaban J connectivity index is 1.93. The van der Waals surface area contributed by atoms with E-state index in [9.17, 15) is 4.79 Å². The zero-order valence-corrected chi connectivity index (χ0v) is 16.0. The van der Waals surface area contributed by atoms with E-state index in [0.29, 0.717) is 9.23 Å². The number of anilines is 1. The van der Waals surface area contributed by atoms with Crippen molar-refractivity contribution in [2.75, 3.05) is 12.0 Å². The van der Waals surface area contributed by atoms with Crippen LogP contribution in [0.4, 0.5) is 5.69 Å². The van der Waals surface area contributed by atoms with Gasteiger partial charge in [-0.25, -0.2) is 0 Å². The Morgan fingerprint density at radius 1 is 1.12 bits per heavy atom. The predicted octanol–water partition coefficient (Wildman–Crippen LogP) is 5.05. The fourth-order valence-electron chi connectivity index (χ4n) is 2.67. The average Bonchev–Trinajstić information content (AvgIpc) is 2.95. The van der Waals surface area contributed by atoms with Gasteiger partial charge >= 0.3 is 0 Å². The summed E-state index contributed by atoms with van der Waals surface area (Å²) >= 11 is 6.82. The van der Waals surface area contributed by atoms with Gasteiger partial charge in [0.15, 0.2) is 4.32 Å². The molecule has 0 aliphatic carbocycles. The van der Waals surface area contributed by atoms with E-state index in [4.69, 9.17) is 17.0 Å². The summed E-state index contributed by atoms with van der Waals surface area (Å²) in [5.41, 5.74) is 3.96. The van der Waals surface area contributed by atoms with Gasteiger partial charge in [-0.2, -0.15) is 0 Å². The number of thioether (sulfide) groups is 1. The Morgan fingerprint density at radius 2 is 1.76 bits per heavy atom. The monoisotopic (exact) mass is 369 g/mol. The lowest BCUT2D eigenvalue weighted by Gasteiger charge is -2.15. The Bertz CT molecular complexity index is 839. The van der Waals surface area contributed by atoms with Gasteiger partial charge in [0.05, 0.1) is 17.7 Å². The molecule has 2 aromatic rings. The predicted molar refractivity (Wildman–Crippen MR) is 109 cm³/mol. The van der Waals surface area contributed by atoms with Crippen molar-refractivity contribution in [2.45, 2.75) is 20.3 Å². The van der Waals surface area contributed by atoms with Crippen molar-refractivity contribution in [1.82, 2.24) is 0 Å². The topological polar surface area (TPSA) is 29.5 Å². The van der Waals surface area contributed by atoms with Crippen molar-refractivity contribution < 1.29 is 9.53 Å². The summed E-state index contributed by atoms with van der Waals surface area (Å²) in [5, 5.41) is 0. The molecule has 1 saturated heterocycles. The number of methoxy groups -OCH3 is 1. The molecule has 0 unspecified atom stereocenters. The second-order valence-corrected chi connectivity index (χ2v) is 7.36. The molecule has 0 spiro atoms. The van der Waals surface area contributed by atoms with Gasteiger partial charge in [-0.1, -0.05) is 55.2 Å². The highest BCUT2D eigenvalue weighted by molar-refractivity contribution is 8.27. The van der Waals surface area contributed by atoms with Crippen LogP contribution in [0.25, 0.3) is 5.57 Å². The van der Waals surface area contributed by atoms with E-state index >= 15 is 0 Å². The molecule has 128 valence electrons. The van der Waals surface area contributed by atoms with Crippen LogP contribution >= 0.6 is 24.0 Å². The Morgan fingerprint density at radius 3 is 2.32 bits per heavy atom. The number of carbonyl (C=O) groups excluding carboxylic acids is 1.